The van der Waals surface area contributed by atoms with Gasteiger partial charge in [0, 0.05) is 22.4 Å². The van der Waals surface area contributed by atoms with Gasteiger partial charge < -0.3 is 9.15 Å². The average Bonchev–Trinajstić information content (AvgIpc) is 3.45. The van der Waals surface area contributed by atoms with E-state index < -0.39 is 5.97 Å². The highest BCUT2D eigenvalue weighted by Gasteiger charge is 2.24. The number of halogens is 1. The molecule has 4 aromatic rings. The number of para-hydroxylation sites is 1. The van der Waals surface area contributed by atoms with Crippen LogP contribution in [0.15, 0.2) is 58.1 Å². The van der Waals surface area contributed by atoms with E-state index in [0.717, 1.165) is 35.6 Å². The van der Waals surface area contributed by atoms with Gasteiger partial charge in [0.15, 0.2) is 11.0 Å². The number of nitrogens with zero attached hydrogens (tertiary/aromatic N) is 4. The number of furan rings is 1. The summed E-state index contributed by atoms with van der Waals surface area (Å²) in [6.07, 6.45) is 3.61. The SMILES string of the molecule is CCOC(=O)c1oc2ccccc2c1CSc1nnc(CN2CCCCC2)n1-c1ccc(F)cc1. The first-order valence-corrected chi connectivity index (χ1v) is 12.9. The fourth-order valence-electron chi connectivity index (χ4n) is 4.40. The molecule has 0 unspecified atom stereocenters. The first kappa shape index (κ1) is 23.6. The third-order valence-corrected chi connectivity index (χ3v) is 7.06. The number of likely N-dealkylation sites (tertiary alicyclic amines) is 1. The van der Waals surface area contributed by atoms with Crippen LogP contribution in [0.4, 0.5) is 4.39 Å². The summed E-state index contributed by atoms with van der Waals surface area (Å²) >= 11 is 1.46. The third-order valence-electron chi connectivity index (χ3n) is 6.10. The minimum Gasteiger partial charge on any atom is -0.460 e. The molecule has 0 atom stereocenters. The fraction of sp³-hybridized carbons (Fsp3) is 0.346. The molecule has 2 aromatic heterocycles. The van der Waals surface area contributed by atoms with Crippen molar-refractivity contribution in [2.45, 2.75) is 43.6 Å². The van der Waals surface area contributed by atoms with Crippen molar-refractivity contribution < 1.29 is 18.3 Å². The lowest BCUT2D eigenvalue weighted by Gasteiger charge is -2.26. The number of thioether (sulfide) groups is 1. The zero-order chi connectivity index (χ0) is 24.2. The van der Waals surface area contributed by atoms with Crippen LogP contribution in [-0.2, 0) is 17.0 Å². The highest BCUT2D eigenvalue weighted by atomic mass is 32.2. The first-order chi connectivity index (χ1) is 17.1. The van der Waals surface area contributed by atoms with Gasteiger partial charge >= 0.3 is 5.97 Å². The predicted molar refractivity (Wildman–Crippen MR) is 132 cm³/mol. The highest BCUT2D eigenvalue weighted by Crippen LogP contribution is 2.33. The van der Waals surface area contributed by atoms with Crippen molar-refractivity contribution in [2.24, 2.45) is 0 Å². The number of aromatic nitrogens is 3. The van der Waals surface area contributed by atoms with Gasteiger partial charge in [-0.2, -0.15) is 0 Å². The van der Waals surface area contributed by atoms with Gasteiger partial charge in [0.2, 0.25) is 5.76 Å². The van der Waals surface area contributed by atoms with Crippen LogP contribution in [0.5, 0.6) is 0 Å². The molecule has 182 valence electrons. The van der Waals surface area contributed by atoms with Crippen molar-refractivity contribution in [3.05, 3.63) is 71.5 Å². The van der Waals surface area contributed by atoms with Gasteiger partial charge in [0.25, 0.3) is 0 Å². The molecule has 9 heteroatoms. The van der Waals surface area contributed by atoms with Crippen molar-refractivity contribution in [3.8, 4) is 5.69 Å². The van der Waals surface area contributed by atoms with Crippen LogP contribution < -0.4 is 0 Å². The van der Waals surface area contributed by atoms with Crippen molar-refractivity contribution in [1.82, 2.24) is 19.7 Å². The zero-order valence-electron chi connectivity index (χ0n) is 19.6. The smallest absolute Gasteiger partial charge is 0.374 e. The molecule has 0 spiro atoms. The molecular formula is C26H27FN4O3S. The Morgan fingerprint density at radius 1 is 1.09 bits per heavy atom. The summed E-state index contributed by atoms with van der Waals surface area (Å²) in [7, 11) is 0. The molecule has 0 aliphatic carbocycles. The summed E-state index contributed by atoms with van der Waals surface area (Å²) in [5.41, 5.74) is 2.20. The molecule has 1 fully saturated rings. The van der Waals surface area contributed by atoms with E-state index in [1.807, 2.05) is 28.8 Å². The van der Waals surface area contributed by atoms with E-state index in [2.05, 4.69) is 15.1 Å². The monoisotopic (exact) mass is 494 g/mol. The van der Waals surface area contributed by atoms with Crippen LogP contribution >= 0.6 is 11.8 Å². The number of carbonyl (C=O) groups excluding carboxylic acids is 1. The molecule has 3 heterocycles. The number of benzene rings is 2. The van der Waals surface area contributed by atoms with E-state index in [1.54, 1.807) is 19.1 Å². The minimum atomic E-state index is -0.481. The first-order valence-electron chi connectivity index (χ1n) is 11.9. The van der Waals surface area contributed by atoms with Crippen molar-refractivity contribution in [2.75, 3.05) is 19.7 Å². The number of hydrogen-bond donors (Lipinski definition) is 0. The Balaban J connectivity index is 1.48. The van der Waals surface area contributed by atoms with Gasteiger partial charge in [-0.1, -0.05) is 36.4 Å². The highest BCUT2D eigenvalue weighted by molar-refractivity contribution is 7.98. The minimum absolute atomic E-state index is 0.210. The fourth-order valence-corrected chi connectivity index (χ4v) is 5.40. The summed E-state index contributed by atoms with van der Waals surface area (Å²) in [4.78, 5) is 15.0. The van der Waals surface area contributed by atoms with Gasteiger partial charge in [-0.3, -0.25) is 9.47 Å². The van der Waals surface area contributed by atoms with E-state index in [-0.39, 0.29) is 18.2 Å². The van der Waals surface area contributed by atoms with Gasteiger partial charge in [0.05, 0.1) is 13.2 Å². The van der Waals surface area contributed by atoms with E-state index >= 15 is 0 Å². The molecule has 0 N–H and O–H groups in total. The maximum Gasteiger partial charge on any atom is 0.374 e. The predicted octanol–water partition coefficient (Wildman–Crippen LogP) is 5.61. The second-order valence-corrected chi connectivity index (χ2v) is 9.40. The Morgan fingerprint density at radius 2 is 1.86 bits per heavy atom. The lowest BCUT2D eigenvalue weighted by atomic mass is 10.1. The molecule has 1 aliphatic rings. The average molecular weight is 495 g/mol. The number of fused-ring (bicyclic) bond motifs is 1. The Morgan fingerprint density at radius 3 is 2.63 bits per heavy atom. The Hall–Kier alpha value is -3.17. The van der Waals surface area contributed by atoms with Crippen LogP contribution in [0.1, 0.15) is 48.1 Å². The van der Waals surface area contributed by atoms with E-state index in [9.17, 15) is 9.18 Å². The van der Waals surface area contributed by atoms with Crippen LogP contribution in [0.3, 0.4) is 0 Å². The molecule has 0 amide bonds. The Labute approximate surface area is 207 Å². The van der Waals surface area contributed by atoms with Crippen molar-refractivity contribution in [1.29, 1.82) is 0 Å². The molecule has 7 nitrogen and oxygen atoms in total. The van der Waals surface area contributed by atoms with Gasteiger partial charge in [-0.05, 0) is 63.2 Å². The standard InChI is InChI=1S/C26H27FN4O3S/c1-2-33-25(32)24-21(20-8-4-5-9-22(20)34-24)17-35-26-29-28-23(16-30-14-6-3-7-15-30)31(26)19-12-10-18(27)11-13-19/h4-5,8-13H,2-3,6-7,14-17H2,1H3. The lowest BCUT2D eigenvalue weighted by Crippen LogP contribution is -2.30. The molecule has 5 rings (SSSR count). The van der Waals surface area contributed by atoms with Gasteiger partial charge in [-0.25, -0.2) is 9.18 Å². The van der Waals surface area contributed by atoms with Crippen LogP contribution in [0, 0.1) is 5.82 Å². The number of rotatable bonds is 8. The number of carbonyl (C=O) groups is 1. The Bertz CT molecular complexity index is 1310. The molecule has 1 saturated heterocycles. The molecule has 35 heavy (non-hydrogen) atoms. The second-order valence-electron chi connectivity index (χ2n) is 8.46. The van der Waals surface area contributed by atoms with Gasteiger partial charge in [0.1, 0.15) is 11.4 Å². The quantitative estimate of drug-likeness (QED) is 0.233. The van der Waals surface area contributed by atoms with Crippen LogP contribution in [0.25, 0.3) is 16.7 Å². The molecule has 0 bridgehead atoms. The molecule has 2 aromatic carbocycles. The summed E-state index contributed by atoms with van der Waals surface area (Å²) < 4.78 is 26.7. The molecule has 0 radical (unpaired) electrons. The number of hydrogen-bond acceptors (Lipinski definition) is 7. The topological polar surface area (TPSA) is 73.4 Å². The largest absolute Gasteiger partial charge is 0.460 e. The summed E-state index contributed by atoms with van der Waals surface area (Å²) in [5, 5.41) is 10.5. The second kappa shape index (κ2) is 10.6. The molecule has 0 saturated carbocycles. The normalized spacial score (nSPS) is 14.5. The van der Waals surface area contributed by atoms with E-state index in [1.165, 1.54) is 43.2 Å². The zero-order valence-corrected chi connectivity index (χ0v) is 20.4. The maximum absolute atomic E-state index is 13.7. The van der Waals surface area contributed by atoms with Crippen LogP contribution in [0.2, 0.25) is 0 Å². The van der Waals surface area contributed by atoms with Crippen LogP contribution in [-0.4, -0.2) is 45.3 Å². The maximum atomic E-state index is 13.7. The summed E-state index contributed by atoms with van der Waals surface area (Å²) in [6.45, 7) is 4.77. The molecular weight excluding hydrogens is 467 g/mol. The molecule has 1 aliphatic heterocycles. The van der Waals surface area contributed by atoms with E-state index in [4.69, 9.17) is 9.15 Å². The van der Waals surface area contributed by atoms with Crippen molar-refractivity contribution in [3.63, 3.8) is 0 Å². The Kier molecular flexibility index (Phi) is 7.15. The number of piperidine rings is 1. The number of ether oxygens (including phenoxy) is 1. The lowest BCUT2D eigenvalue weighted by molar-refractivity contribution is 0.0491. The third kappa shape index (κ3) is 5.11. The van der Waals surface area contributed by atoms with Crippen molar-refractivity contribution >= 4 is 28.7 Å². The summed E-state index contributed by atoms with van der Waals surface area (Å²) in [6, 6.07) is 13.9. The van der Waals surface area contributed by atoms with Gasteiger partial charge in [-0.15, -0.1) is 10.2 Å². The summed E-state index contributed by atoms with van der Waals surface area (Å²) in [5.74, 6) is 0.682. The van der Waals surface area contributed by atoms with E-state index in [0.29, 0.717) is 23.0 Å². The number of esters is 1.